The van der Waals surface area contributed by atoms with Gasteiger partial charge >= 0.3 is 11.9 Å². The molecule has 20 heavy (non-hydrogen) atoms. The maximum absolute atomic E-state index is 11.4. The van der Waals surface area contributed by atoms with Crippen LogP contribution in [-0.2, 0) is 14.3 Å². The summed E-state index contributed by atoms with van der Waals surface area (Å²) in [5.41, 5.74) is 0.541. The second kappa shape index (κ2) is 7.37. The first-order valence-electron chi connectivity index (χ1n) is 5.82. The van der Waals surface area contributed by atoms with Crippen LogP contribution in [0.25, 0.3) is 0 Å². The molecule has 2 atom stereocenters. The standard InChI is InChI=1S/C13H15BrO6/c1-3-20-13(18)11(16)10(15)8-5-4-7(6-9(8)14)12(17)19-2/h4-6,10-11,15-16H,3H2,1-2H3. The van der Waals surface area contributed by atoms with Crippen molar-refractivity contribution < 1.29 is 29.3 Å². The molecule has 0 spiro atoms. The molecular weight excluding hydrogens is 332 g/mol. The number of esters is 2. The van der Waals surface area contributed by atoms with Crippen LogP contribution in [0.2, 0.25) is 0 Å². The Morgan fingerprint density at radius 3 is 2.50 bits per heavy atom. The van der Waals surface area contributed by atoms with Crippen LogP contribution in [0.5, 0.6) is 0 Å². The maximum Gasteiger partial charge on any atom is 0.338 e. The van der Waals surface area contributed by atoms with Crippen LogP contribution in [-0.4, -0.2) is 42.0 Å². The minimum atomic E-state index is -1.70. The summed E-state index contributed by atoms with van der Waals surface area (Å²) in [6.45, 7) is 1.70. The third-order valence-electron chi connectivity index (χ3n) is 2.57. The third-order valence-corrected chi connectivity index (χ3v) is 3.25. The number of aliphatic hydroxyl groups excluding tert-OH is 2. The average Bonchev–Trinajstić information content (AvgIpc) is 2.45. The molecule has 1 rings (SSSR count). The van der Waals surface area contributed by atoms with Crippen molar-refractivity contribution in [2.75, 3.05) is 13.7 Å². The number of halogens is 1. The summed E-state index contributed by atoms with van der Waals surface area (Å²) >= 11 is 3.17. The van der Waals surface area contributed by atoms with Gasteiger partial charge in [-0.05, 0) is 24.6 Å². The van der Waals surface area contributed by atoms with Gasteiger partial charge < -0.3 is 19.7 Å². The first-order valence-corrected chi connectivity index (χ1v) is 6.62. The van der Waals surface area contributed by atoms with Gasteiger partial charge in [0.25, 0.3) is 0 Å². The quantitative estimate of drug-likeness (QED) is 0.778. The Morgan fingerprint density at radius 1 is 1.35 bits per heavy atom. The Morgan fingerprint density at radius 2 is 2.00 bits per heavy atom. The molecule has 0 saturated heterocycles. The zero-order valence-electron chi connectivity index (χ0n) is 11.0. The summed E-state index contributed by atoms with van der Waals surface area (Å²) in [7, 11) is 1.25. The van der Waals surface area contributed by atoms with Crippen LogP contribution in [0.4, 0.5) is 0 Å². The number of hydrogen-bond acceptors (Lipinski definition) is 6. The molecule has 2 N–H and O–H groups in total. The number of hydrogen-bond donors (Lipinski definition) is 2. The van der Waals surface area contributed by atoms with Crippen LogP contribution in [0.3, 0.4) is 0 Å². The van der Waals surface area contributed by atoms with Gasteiger partial charge in [0.05, 0.1) is 19.3 Å². The Bertz CT molecular complexity index is 502. The van der Waals surface area contributed by atoms with Gasteiger partial charge in [-0.1, -0.05) is 22.0 Å². The van der Waals surface area contributed by atoms with Crippen molar-refractivity contribution in [3.05, 3.63) is 33.8 Å². The van der Waals surface area contributed by atoms with E-state index in [4.69, 9.17) is 0 Å². The van der Waals surface area contributed by atoms with E-state index in [9.17, 15) is 19.8 Å². The van der Waals surface area contributed by atoms with Gasteiger partial charge in [-0.15, -0.1) is 0 Å². The van der Waals surface area contributed by atoms with E-state index in [-0.39, 0.29) is 17.7 Å². The molecule has 0 aliphatic heterocycles. The van der Waals surface area contributed by atoms with Crippen molar-refractivity contribution in [1.29, 1.82) is 0 Å². The van der Waals surface area contributed by atoms with Crippen molar-refractivity contribution in [2.24, 2.45) is 0 Å². The number of benzene rings is 1. The first-order chi connectivity index (χ1) is 9.42. The average molecular weight is 347 g/mol. The lowest BCUT2D eigenvalue weighted by atomic mass is 10.0. The Labute approximate surface area is 124 Å². The van der Waals surface area contributed by atoms with Crippen LogP contribution in [0.15, 0.2) is 22.7 Å². The number of rotatable bonds is 5. The van der Waals surface area contributed by atoms with Gasteiger partial charge in [0, 0.05) is 4.47 Å². The zero-order valence-corrected chi connectivity index (χ0v) is 12.6. The topological polar surface area (TPSA) is 93.1 Å². The smallest absolute Gasteiger partial charge is 0.338 e. The molecule has 0 heterocycles. The van der Waals surface area contributed by atoms with Gasteiger partial charge in [0.1, 0.15) is 6.10 Å². The molecule has 0 fully saturated rings. The predicted octanol–water partition coefficient (Wildman–Crippen LogP) is 1.19. The van der Waals surface area contributed by atoms with Crippen LogP contribution < -0.4 is 0 Å². The van der Waals surface area contributed by atoms with E-state index < -0.39 is 24.1 Å². The minimum absolute atomic E-state index is 0.102. The molecule has 0 aliphatic rings. The lowest BCUT2D eigenvalue weighted by Gasteiger charge is -2.18. The SMILES string of the molecule is CCOC(=O)C(O)C(O)c1ccc(C(=O)OC)cc1Br. The van der Waals surface area contributed by atoms with E-state index in [2.05, 4.69) is 25.4 Å². The van der Waals surface area contributed by atoms with E-state index in [1.54, 1.807) is 6.92 Å². The fourth-order valence-corrected chi connectivity index (χ4v) is 2.15. The molecular formula is C13H15BrO6. The predicted molar refractivity (Wildman–Crippen MR) is 73.1 cm³/mol. The van der Waals surface area contributed by atoms with Crippen molar-refractivity contribution in [1.82, 2.24) is 0 Å². The number of methoxy groups -OCH3 is 1. The Balaban J connectivity index is 2.96. The third kappa shape index (κ3) is 3.78. The molecule has 1 aromatic rings. The molecule has 7 heteroatoms. The molecule has 0 aliphatic carbocycles. The molecule has 0 amide bonds. The second-order valence-corrected chi connectivity index (χ2v) is 4.72. The highest BCUT2D eigenvalue weighted by molar-refractivity contribution is 9.10. The molecule has 1 aromatic carbocycles. The van der Waals surface area contributed by atoms with Crippen LogP contribution in [0, 0.1) is 0 Å². The molecule has 110 valence electrons. The highest BCUT2D eigenvalue weighted by Crippen LogP contribution is 2.27. The van der Waals surface area contributed by atoms with E-state index >= 15 is 0 Å². The van der Waals surface area contributed by atoms with E-state index in [0.717, 1.165) is 0 Å². The molecule has 0 bridgehead atoms. The van der Waals surface area contributed by atoms with Gasteiger partial charge in [-0.2, -0.15) is 0 Å². The summed E-state index contributed by atoms with van der Waals surface area (Å²) in [6.07, 6.45) is -3.16. The maximum atomic E-state index is 11.4. The highest BCUT2D eigenvalue weighted by Gasteiger charge is 2.28. The summed E-state index contributed by atoms with van der Waals surface area (Å²) in [6, 6.07) is 4.28. The van der Waals surface area contributed by atoms with Crippen LogP contribution in [0.1, 0.15) is 28.9 Å². The fourth-order valence-electron chi connectivity index (χ4n) is 1.54. The summed E-state index contributed by atoms with van der Waals surface area (Å²) in [5.74, 6) is -1.44. The van der Waals surface area contributed by atoms with E-state index in [1.165, 1.54) is 25.3 Å². The minimum Gasteiger partial charge on any atom is -0.465 e. The number of carbonyl (C=O) groups is 2. The zero-order chi connectivity index (χ0) is 15.3. The fraction of sp³-hybridized carbons (Fsp3) is 0.385. The van der Waals surface area contributed by atoms with Gasteiger partial charge in [-0.3, -0.25) is 0 Å². The monoisotopic (exact) mass is 346 g/mol. The normalized spacial score (nSPS) is 13.4. The van der Waals surface area contributed by atoms with Crippen molar-refractivity contribution in [2.45, 2.75) is 19.1 Å². The van der Waals surface area contributed by atoms with Crippen LogP contribution >= 0.6 is 15.9 Å². The van der Waals surface area contributed by atoms with Crippen molar-refractivity contribution in [3.8, 4) is 0 Å². The number of ether oxygens (including phenoxy) is 2. The first kappa shape index (κ1) is 16.6. The summed E-state index contributed by atoms with van der Waals surface area (Å²) in [5, 5.41) is 19.6. The molecule has 0 aromatic heterocycles. The highest BCUT2D eigenvalue weighted by atomic mass is 79.9. The van der Waals surface area contributed by atoms with E-state index in [1.807, 2.05) is 0 Å². The van der Waals surface area contributed by atoms with Crippen molar-refractivity contribution in [3.63, 3.8) is 0 Å². The Hall–Kier alpha value is -1.44. The lowest BCUT2D eigenvalue weighted by molar-refractivity contribution is -0.159. The molecule has 0 radical (unpaired) electrons. The van der Waals surface area contributed by atoms with Crippen molar-refractivity contribution >= 4 is 27.9 Å². The Kier molecular flexibility index (Phi) is 6.12. The van der Waals surface area contributed by atoms with E-state index in [0.29, 0.717) is 4.47 Å². The summed E-state index contributed by atoms with van der Waals surface area (Å²) < 4.78 is 9.56. The second-order valence-electron chi connectivity index (χ2n) is 3.87. The molecule has 2 unspecified atom stereocenters. The number of aliphatic hydroxyl groups is 2. The molecule has 0 saturated carbocycles. The largest absolute Gasteiger partial charge is 0.465 e. The molecule has 6 nitrogen and oxygen atoms in total. The van der Waals surface area contributed by atoms with Gasteiger partial charge in [0.2, 0.25) is 0 Å². The van der Waals surface area contributed by atoms with Gasteiger partial charge in [-0.25, -0.2) is 9.59 Å². The number of carbonyl (C=O) groups excluding carboxylic acids is 2. The lowest BCUT2D eigenvalue weighted by Crippen LogP contribution is -2.30. The summed E-state index contributed by atoms with van der Waals surface area (Å²) in [4.78, 5) is 22.7. The van der Waals surface area contributed by atoms with Gasteiger partial charge in [0.15, 0.2) is 6.10 Å².